The lowest BCUT2D eigenvalue weighted by molar-refractivity contribution is -0.117. The smallest absolute Gasteiger partial charge is 0.224 e. The fraction of sp³-hybridized carbons (Fsp3) is 0.481. The van der Waals surface area contributed by atoms with E-state index in [2.05, 4.69) is 36.6 Å². The summed E-state index contributed by atoms with van der Waals surface area (Å²) in [6.45, 7) is 8.28. The number of rotatable bonds is 12. The summed E-state index contributed by atoms with van der Waals surface area (Å²) < 4.78 is 0. The predicted molar refractivity (Wildman–Crippen MR) is 131 cm³/mol. The topological polar surface area (TPSA) is 58.2 Å². The average Bonchev–Trinajstić information content (AvgIpc) is 2.75. The molecule has 0 saturated heterocycles. The zero-order valence-corrected chi connectivity index (χ0v) is 19.6. The summed E-state index contributed by atoms with van der Waals surface area (Å²) in [5, 5.41) is 6.18. The van der Waals surface area contributed by atoms with Crippen LogP contribution in [0.2, 0.25) is 0 Å². The maximum absolute atomic E-state index is 12.3. The normalized spacial score (nSPS) is 10.7. The Morgan fingerprint density at radius 3 is 1.42 bits per heavy atom. The van der Waals surface area contributed by atoms with Crippen LogP contribution in [-0.2, 0) is 22.4 Å². The van der Waals surface area contributed by atoms with Gasteiger partial charge in [0.15, 0.2) is 0 Å². The van der Waals surface area contributed by atoms with Gasteiger partial charge < -0.3 is 10.6 Å². The Balaban J connectivity index is 1.62. The molecule has 0 aliphatic heterocycles. The van der Waals surface area contributed by atoms with Crippen molar-refractivity contribution in [3.05, 3.63) is 58.7 Å². The van der Waals surface area contributed by atoms with E-state index in [4.69, 9.17) is 0 Å². The molecule has 2 N–H and O–H groups in total. The van der Waals surface area contributed by atoms with Gasteiger partial charge in [0.05, 0.1) is 0 Å². The molecule has 31 heavy (non-hydrogen) atoms. The molecule has 2 rings (SSSR count). The van der Waals surface area contributed by atoms with Crippen molar-refractivity contribution >= 4 is 23.2 Å². The first kappa shape index (κ1) is 24.6. The van der Waals surface area contributed by atoms with Gasteiger partial charge in [-0.3, -0.25) is 9.59 Å². The maximum Gasteiger partial charge on any atom is 0.224 e. The third kappa shape index (κ3) is 7.86. The molecule has 2 amide bonds. The molecule has 0 atom stereocenters. The molecule has 0 aromatic heterocycles. The molecule has 0 spiro atoms. The summed E-state index contributed by atoms with van der Waals surface area (Å²) in [6, 6.07) is 12.3. The summed E-state index contributed by atoms with van der Waals surface area (Å²) in [7, 11) is 0. The number of para-hydroxylation sites is 2. The number of nitrogens with one attached hydrogen (secondary N) is 2. The third-order valence-corrected chi connectivity index (χ3v) is 5.82. The van der Waals surface area contributed by atoms with Gasteiger partial charge in [-0.05, 0) is 61.8 Å². The first-order valence-electron chi connectivity index (χ1n) is 11.7. The van der Waals surface area contributed by atoms with Crippen LogP contribution in [0.1, 0.15) is 81.0 Å². The molecule has 0 heterocycles. The van der Waals surface area contributed by atoms with Crippen LogP contribution in [0.5, 0.6) is 0 Å². The number of amides is 2. The minimum absolute atomic E-state index is 0.0911. The van der Waals surface area contributed by atoms with Crippen LogP contribution in [0.15, 0.2) is 36.4 Å². The van der Waals surface area contributed by atoms with E-state index < -0.39 is 0 Å². The monoisotopic (exact) mass is 422 g/mol. The van der Waals surface area contributed by atoms with Crippen molar-refractivity contribution in [2.45, 2.75) is 85.5 Å². The Hall–Kier alpha value is -2.62. The summed E-state index contributed by atoms with van der Waals surface area (Å²) in [4.78, 5) is 24.6. The number of aryl methyl sites for hydroxylation is 4. The molecule has 4 nitrogen and oxygen atoms in total. The van der Waals surface area contributed by atoms with Crippen molar-refractivity contribution < 1.29 is 9.59 Å². The molecule has 0 bridgehead atoms. The molecule has 4 heteroatoms. The summed E-state index contributed by atoms with van der Waals surface area (Å²) in [6.07, 6.45) is 7.76. The molecule has 0 radical (unpaired) electrons. The van der Waals surface area contributed by atoms with Crippen molar-refractivity contribution in [1.82, 2.24) is 0 Å². The highest BCUT2D eigenvalue weighted by Crippen LogP contribution is 2.22. The van der Waals surface area contributed by atoms with E-state index in [1.54, 1.807) is 0 Å². The zero-order chi connectivity index (χ0) is 22.6. The zero-order valence-electron chi connectivity index (χ0n) is 19.6. The first-order valence-corrected chi connectivity index (χ1v) is 11.7. The summed E-state index contributed by atoms with van der Waals surface area (Å²) in [5.74, 6) is 0.182. The van der Waals surface area contributed by atoms with E-state index in [9.17, 15) is 9.59 Å². The molecule has 0 aliphatic rings. The van der Waals surface area contributed by atoms with Crippen LogP contribution in [0.25, 0.3) is 0 Å². The third-order valence-electron chi connectivity index (χ3n) is 5.82. The molecular weight excluding hydrogens is 384 g/mol. The highest BCUT2D eigenvalue weighted by Gasteiger charge is 2.10. The van der Waals surface area contributed by atoms with Gasteiger partial charge in [0.25, 0.3) is 0 Å². The number of carbonyl (C=O) groups excluding carboxylic acids is 2. The minimum atomic E-state index is 0.0911. The van der Waals surface area contributed by atoms with Crippen molar-refractivity contribution in [2.75, 3.05) is 10.6 Å². The highest BCUT2D eigenvalue weighted by molar-refractivity contribution is 5.93. The van der Waals surface area contributed by atoms with Crippen LogP contribution in [-0.4, -0.2) is 11.8 Å². The van der Waals surface area contributed by atoms with Gasteiger partial charge in [-0.25, -0.2) is 0 Å². The van der Waals surface area contributed by atoms with E-state index in [1.807, 2.05) is 38.1 Å². The SMILES string of the molecule is CCc1cccc(C)c1NC(=O)CCCCCCCC(=O)Nc1c(C)cccc1CC. The van der Waals surface area contributed by atoms with Gasteiger partial charge in [0.1, 0.15) is 0 Å². The maximum atomic E-state index is 12.3. The van der Waals surface area contributed by atoms with Crippen LogP contribution in [0.4, 0.5) is 11.4 Å². The number of anilines is 2. The Labute approximate surface area is 187 Å². The quantitative estimate of drug-likeness (QED) is 0.372. The minimum Gasteiger partial charge on any atom is -0.326 e. The molecule has 0 saturated carbocycles. The number of hydrogen-bond acceptors (Lipinski definition) is 2. The van der Waals surface area contributed by atoms with Gasteiger partial charge in [0, 0.05) is 24.2 Å². The molecular formula is C27H38N2O2. The Kier molecular flexibility index (Phi) is 10.3. The van der Waals surface area contributed by atoms with Gasteiger partial charge >= 0.3 is 0 Å². The fourth-order valence-electron chi connectivity index (χ4n) is 3.91. The molecule has 2 aromatic carbocycles. The summed E-state index contributed by atoms with van der Waals surface area (Å²) in [5.41, 5.74) is 6.54. The van der Waals surface area contributed by atoms with Crippen LogP contribution >= 0.6 is 0 Å². The molecule has 0 aliphatic carbocycles. The fourth-order valence-corrected chi connectivity index (χ4v) is 3.91. The summed E-state index contributed by atoms with van der Waals surface area (Å²) >= 11 is 0. The standard InChI is InChI=1S/C27H38N2O2/c1-5-22-16-12-14-20(3)26(22)28-24(30)18-10-8-7-9-11-19-25(31)29-27-21(4)15-13-17-23(27)6-2/h12-17H,5-11,18-19H2,1-4H3,(H,28,30)(H,29,31). The number of unbranched alkanes of at least 4 members (excludes halogenated alkanes) is 4. The second kappa shape index (κ2) is 12.9. The molecule has 168 valence electrons. The van der Waals surface area contributed by atoms with E-state index in [0.717, 1.165) is 67.4 Å². The second-order valence-electron chi connectivity index (χ2n) is 8.29. The highest BCUT2D eigenvalue weighted by atomic mass is 16.2. The first-order chi connectivity index (χ1) is 15.0. The lowest BCUT2D eigenvalue weighted by Gasteiger charge is -2.13. The van der Waals surface area contributed by atoms with Gasteiger partial charge in [-0.2, -0.15) is 0 Å². The largest absolute Gasteiger partial charge is 0.326 e. The van der Waals surface area contributed by atoms with Crippen molar-refractivity contribution in [3.63, 3.8) is 0 Å². The van der Waals surface area contributed by atoms with Crippen LogP contribution < -0.4 is 10.6 Å². The molecule has 2 aromatic rings. The van der Waals surface area contributed by atoms with Crippen LogP contribution in [0.3, 0.4) is 0 Å². The lowest BCUT2D eigenvalue weighted by atomic mass is 10.0. The van der Waals surface area contributed by atoms with Crippen LogP contribution in [0, 0.1) is 13.8 Å². The van der Waals surface area contributed by atoms with Gasteiger partial charge in [-0.1, -0.05) is 69.5 Å². The van der Waals surface area contributed by atoms with E-state index in [-0.39, 0.29) is 11.8 Å². The number of carbonyl (C=O) groups is 2. The predicted octanol–water partition coefficient (Wildman–Crippen LogP) is 6.74. The number of hydrogen-bond donors (Lipinski definition) is 2. The van der Waals surface area contributed by atoms with E-state index >= 15 is 0 Å². The molecule has 0 fully saturated rings. The Morgan fingerprint density at radius 1 is 0.645 bits per heavy atom. The Bertz CT molecular complexity index is 802. The van der Waals surface area contributed by atoms with Crippen molar-refractivity contribution in [1.29, 1.82) is 0 Å². The van der Waals surface area contributed by atoms with Crippen molar-refractivity contribution in [2.24, 2.45) is 0 Å². The van der Waals surface area contributed by atoms with E-state index in [0.29, 0.717) is 12.8 Å². The van der Waals surface area contributed by atoms with E-state index in [1.165, 1.54) is 11.1 Å². The molecule has 0 unspecified atom stereocenters. The second-order valence-corrected chi connectivity index (χ2v) is 8.29. The Morgan fingerprint density at radius 2 is 1.03 bits per heavy atom. The van der Waals surface area contributed by atoms with Crippen molar-refractivity contribution in [3.8, 4) is 0 Å². The van der Waals surface area contributed by atoms with Gasteiger partial charge in [0.2, 0.25) is 11.8 Å². The average molecular weight is 423 g/mol. The number of benzene rings is 2. The lowest BCUT2D eigenvalue weighted by Crippen LogP contribution is -2.14. The van der Waals surface area contributed by atoms with Gasteiger partial charge in [-0.15, -0.1) is 0 Å².